The Kier molecular flexibility index (Phi) is 12.9. The summed E-state index contributed by atoms with van der Waals surface area (Å²) >= 11 is 0. The predicted molar refractivity (Wildman–Crippen MR) is 68.9 cm³/mol. The SMILES string of the molecule is CCCCCCC(CCOCCOC)NC. The zero-order valence-corrected chi connectivity index (χ0v) is 11.3. The van der Waals surface area contributed by atoms with E-state index in [4.69, 9.17) is 9.47 Å². The van der Waals surface area contributed by atoms with Gasteiger partial charge in [0, 0.05) is 19.8 Å². The van der Waals surface area contributed by atoms with E-state index in [2.05, 4.69) is 12.2 Å². The first-order chi connectivity index (χ1) is 7.85. The van der Waals surface area contributed by atoms with Crippen molar-refractivity contribution >= 4 is 0 Å². The summed E-state index contributed by atoms with van der Waals surface area (Å²) in [7, 11) is 3.74. The molecule has 1 unspecified atom stereocenters. The number of ether oxygens (including phenoxy) is 2. The van der Waals surface area contributed by atoms with Crippen molar-refractivity contribution in [2.45, 2.75) is 51.5 Å². The normalized spacial score (nSPS) is 12.9. The Labute approximate surface area is 101 Å². The number of unbranched alkanes of at least 4 members (excludes halogenated alkanes) is 3. The quantitative estimate of drug-likeness (QED) is 0.524. The average molecular weight is 231 g/mol. The van der Waals surface area contributed by atoms with Gasteiger partial charge in [0.25, 0.3) is 0 Å². The van der Waals surface area contributed by atoms with Gasteiger partial charge in [0.2, 0.25) is 0 Å². The molecule has 98 valence electrons. The van der Waals surface area contributed by atoms with E-state index in [0.717, 1.165) is 13.0 Å². The highest BCUT2D eigenvalue weighted by Gasteiger charge is 2.05. The van der Waals surface area contributed by atoms with Crippen LogP contribution < -0.4 is 5.32 Å². The lowest BCUT2D eigenvalue weighted by molar-refractivity contribution is 0.0656. The first-order valence-corrected chi connectivity index (χ1v) is 6.59. The molecule has 0 aliphatic heterocycles. The second kappa shape index (κ2) is 12.9. The third kappa shape index (κ3) is 10.4. The Bertz CT molecular complexity index is 131. The summed E-state index contributed by atoms with van der Waals surface area (Å²) in [5.41, 5.74) is 0. The van der Waals surface area contributed by atoms with E-state index in [1.807, 2.05) is 7.05 Å². The summed E-state index contributed by atoms with van der Waals surface area (Å²) in [6.45, 7) is 4.49. The van der Waals surface area contributed by atoms with Crippen LogP contribution in [-0.2, 0) is 9.47 Å². The van der Waals surface area contributed by atoms with Crippen LogP contribution in [0.15, 0.2) is 0 Å². The molecular formula is C13H29NO2. The molecule has 0 aliphatic rings. The minimum atomic E-state index is 0.611. The lowest BCUT2D eigenvalue weighted by Gasteiger charge is -2.15. The molecular weight excluding hydrogens is 202 g/mol. The van der Waals surface area contributed by atoms with Gasteiger partial charge in [0.15, 0.2) is 0 Å². The molecule has 0 saturated heterocycles. The molecule has 3 heteroatoms. The van der Waals surface area contributed by atoms with Gasteiger partial charge in [-0.05, 0) is 19.9 Å². The predicted octanol–water partition coefficient (Wildman–Crippen LogP) is 2.60. The molecule has 0 saturated carbocycles. The van der Waals surface area contributed by atoms with Crippen LogP contribution in [0.3, 0.4) is 0 Å². The topological polar surface area (TPSA) is 30.5 Å². The Morgan fingerprint density at radius 2 is 1.81 bits per heavy atom. The second-order valence-corrected chi connectivity index (χ2v) is 4.23. The molecule has 0 heterocycles. The molecule has 0 aliphatic carbocycles. The summed E-state index contributed by atoms with van der Waals surface area (Å²) in [5.74, 6) is 0. The van der Waals surface area contributed by atoms with Crippen molar-refractivity contribution in [3.8, 4) is 0 Å². The molecule has 0 aromatic rings. The Morgan fingerprint density at radius 3 is 2.44 bits per heavy atom. The fourth-order valence-corrected chi connectivity index (χ4v) is 1.72. The summed E-state index contributed by atoms with van der Waals surface area (Å²) in [6.07, 6.45) is 7.73. The molecule has 0 radical (unpaired) electrons. The highest BCUT2D eigenvalue weighted by Crippen LogP contribution is 2.07. The van der Waals surface area contributed by atoms with Crippen molar-refractivity contribution < 1.29 is 9.47 Å². The maximum Gasteiger partial charge on any atom is 0.0700 e. The largest absolute Gasteiger partial charge is 0.382 e. The third-order valence-electron chi connectivity index (χ3n) is 2.86. The van der Waals surface area contributed by atoms with Crippen LogP contribution in [-0.4, -0.2) is 40.0 Å². The maximum atomic E-state index is 5.47. The van der Waals surface area contributed by atoms with E-state index in [-0.39, 0.29) is 0 Å². The molecule has 1 atom stereocenters. The molecule has 0 spiro atoms. The summed E-state index contributed by atoms with van der Waals surface area (Å²) in [6, 6.07) is 0.611. The van der Waals surface area contributed by atoms with Gasteiger partial charge in [-0.1, -0.05) is 32.6 Å². The van der Waals surface area contributed by atoms with Crippen molar-refractivity contribution in [2.24, 2.45) is 0 Å². The van der Waals surface area contributed by atoms with Gasteiger partial charge >= 0.3 is 0 Å². The maximum absolute atomic E-state index is 5.47. The van der Waals surface area contributed by atoms with Gasteiger partial charge < -0.3 is 14.8 Å². The molecule has 0 aromatic heterocycles. The molecule has 1 N–H and O–H groups in total. The molecule has 0 bridgehead atoms. The molecule has 0 aromatic carbocycles. The van der Waals surface area contributed by atoms with E-state index >= 15 is 0 Å². The summed E-state index contributed by atoms with van der Waals surface area (Å²) in [5, 5.41) is 3.36. The highest BCUT2D eigenvalue weighted by atomic mass is 16.5. The lowest BCUT2D eigenvalue weighted by Crippen LogP contribution is -2.26. The smallest absolute Gasteiger partial charge is 0.0700 e. The van der Waals surface area contributed by atoms with Gasteiger partial charge in [0.05, 0.1) is 13.2 Å². The molecule has 3 nitrogen and oxygen atoms in total. The lowest BCUT2D eigenvalue weighted by atomic mass is 10.1. The fourth-order valence-electron chi connectivity index (χ4n) is 1.72. The van der Waals surface area contributed by atoms with Crippen molar-refractivity contribution in [3.05, 3.63) is 0 Å². The van der Waals surface area contributed by atoms with Crippen LogP contribution in [0.4, 0.5) is 0 Å². The van der Waals surface area contributed by atoms with Crippen LogP contribution >= 0.6 is 0 Å². The van der Waals surface area contributed by atoms with Crippen molar-refractivity contribution in [1.82, 2.24) is 5.32 Å². The van der Waals surface area contributed by atoms with E-state index < -0.39 is 0 Å². The Hall–Kier alpha value is -0.120. The van der Waals surface area contributed by atoms with Gasteiger partial charge in [-0.2, -0.15) is 0 Å². The number of nitrogens with one attached hydrogen (secondary N) is 1. The van der Waals surface area contributed by atoms with Crippen LogP contribution in [0.25, 0.3) is 0 Å². The summed E-state index contributed by atoms with van der Waals surface area (Å²) in [4.78, 5) is 0. The van der Waals surface area contributed by atoms with Crippen LogP contribution in [0.2, 0.25) is 0 Å². The first kappa shape index (κ1) is 15.9. The molecule has 16 heavy (non-hydrogen) atoms. The summed E-state index contributed by atoms with van der Waals surface area (Å²) < 4.78 is 10.4. The van der Waals surface area contributed by atoms with Gasteiger partial charge in [-0.3, -0.25) is 0 Å². The minimum Gasteiger partial charge on any atom is -0.382 e. The van der Waals surface area contributed by atoms with E-state index in [1.165, 1.54) is 32.1 Å². The van der Waals surface area contributed by atoms with Crippen LogP contribution in [0, 0.1) is 0 Å². The third-order valence-corrected chi connectivity index (χ3v) is 2.86. The average Bonchev–Trinajstić information content (AvgIpc) is 2.31. The number of rotatable bonds is 12. The monoisotopic (exact) mass is 231 g/mol. The molecule has 0 fully saturated rings. The first-order valence-electron chi connectivity index (χ1n) is 6.59. The number of hydrogen-bond donors (Lipinski definition) is 1. The Balaban J connectivity index is 3.29. The van der Waals surface area contributed by atoms with Crippen LogP contribution in [0.5, 0.6) is 0 Å². The number of methoxy groups -OCH3 is 1. The van der Waals surface area contributed by atoms with E-state index in [9.17, 15) is 0 Å². The van der Waals surface area contributed by atoms with Gasteiger partial charge in [-0.15, -0.1) is 0 Å². The standard InChI is InChI=1S/C13H29NO2/c1-4-5-6-7-8-13(14-2)9-10-16-12-11-15-3/h13-14H,4-12H2,1-3H3. The molecule has 0 amide bonds. The molecule has 0 rings (SSSR count). The van der Waals surface area contributed by atoms with Crippen molar-refractivity contribution in [1.29, 1.82) is 0 Å². The van der Waals surface area contributed by atoms with Crippen molar-refractivity contribution in [2.75, 3.05) is 34.0 Å². The zero-order valence-electron chi connectivity index (χ0n) is 11.3. The Morgan fingerprint density at radius 1 is 1.00 bits per heavy atom. The zero-order chi connectivity index (χ0) is 12.1. The second-order valence-electron chi connectivity index (χ2n) is 4.23. The fraction of sp³-hybridized carbons (Fsp3) is 1.00. The minimum absolute atomic E-state index is 0.611. The van der Waals surface area contributed by atoms with E-state index in [0.29, 0.717) is 19.3 Å². The van der Waals surface area contributed by atoms with Gasteiger partial charge in [-0.25, -0.2) is 0 Å². The number of hydrogen-bond acceptors (Lipinski definition) is 3. The van der Waals surface area contributed by atoms with Gasteiger partial charge in [0.1, 0.15) is 0 Å². The van der Waals surface area contributed by atoms with Crippen LogP contribution in [0.1, 0.15) is 45.4 Å². The van der Waals surface area contributed by atoms with E-state index in [1.54, 1.807) is 7.11 Å². The van der Waals surface area contributed by atoms with Crippen molar-refractivity contribution in [3.63, 3.8) is 0 Å². The highest BCUT2D eigenvalue weighted by molar-refractivity contribution is 4.64.